The van der Waals surface area contributed by atoms with Crippen molar-refractivity contribution in [1.82, 2.24) is 4.72 Å². The Hall–Kier alpha value is -2.09. The lowest BCUT2D eigenvalue weighted by molar-refractivity contribution is 0.0517. The zero-order valence-corrected chi connectivity index (χ0v) is 15.0. The summed E-state index contributed by atoms with van der Waals surface area (Å²) >= 11 is 11.6. The summed E-state index contributed by atoms with van der Waals surface area (Å²) in [5, 5.41) is 0.602. The van der Waals surface area contributed by atoms with Gasteiger partial charge in [-0.25, -0.2) is 13.2 Å². The van der Waals surface area contributed by atoms with Crippen LogP contribution in [0.3, 0.4) is 0 Å². The van der Waals surface area contributed by atoms with Crippen LogP contribution in [0.15, 0.2) is 52.4 Å². The number of carbonyl (C=O) groups excluding carboxylic acids is 1. The van der Waals surface area contributed by atoms with E-state index in [1.807, 2.05) is 0 Å². The van der Waals surface area contributed by atoms with Gasteiger partial charge in [-0.3, -0.25) is 9.71 Å². The number of nitrogens with zero attached hydrogens (tertiary/aromatic N) is 1. The Kier molecular flexibility index (Phi) is 4.99. The molecule has 0 fully saturated rings. The lowest BCUT2D eigenvalue weighted by atomic mass is 10.2. The SMILES string of the molecule is O=C(OCCN=C1NS(=O)(=O)c2ccccc21)c1ccc(Cl)c(Cl)c1. The first-order valence-corrected chi connectivity index (χ1v) is 9.41. The highest BCUT2D eigenvalue weighted by Gasteiger charge is 2.29. The molecule has 1 aliphatic heterocycles. The zero-order valence-electron chi connectivity index (χ0n) is 12.7. The molecular weight excluding hydrogens is 387 g/mol. The lowest BCUT2D eigenvalue weighted by Gasteiger charge is -2.05. The van der Waals surface area contributed by atoms with Crippen molar-refractivity contribution in [1.29, 1.82) is 0 Å². The van der Waals surface area contributed by atoms with Gasteiger partial charge in [-0.2, -0.15) is 0 Å². The van der Waals surface area contributed by atoms with Gasteiger partial charge >= 0.3 is 5.97 Å². The number of sulfonamides is 1. The summed E-state index contributed by atoms with van der Waals surface area (Å²) in [4.78, 5) is 16.3. The van der Waals surface area contributed by atoms with Crippen LogP contribution in [0, 0.1) is 0 Å². The second-order valence-electron chi connectivity index (χ2n) is 5.10. The fourth-order valence-electron chi connectivity index (χ4n) is 2.25. The van der Waals surface area contributed by atoms with Crippen LogP contribution in [0.2, 0.25) is 10.0 Å². The summed E-state index contributed by atoms with van der Waals surface area (Å²) in [7, 11) is -3.58. The highest BCUT2D eigenvalue weighted by atomic mass is 35.5. The van der Waals surface area contributed by atoms with Crippen molar-refractivity contribution in [2.75, 3.05) is 13.2 Å². The van der Waals surface area contributed by atoms with Crippen molar-refractivity contribution in [3.8, 4) is 0 Å². The minimum atomic E-state index is -3.58. The van der Waals surface area contributed by atoms with E-state index in [9.17, 15) is 13.2 Å². The number of hydrogen-bond acceptors (Lipinski definition) is 5. The summed E-state index contributed by atoms with van der Waals surface area (Å²) in [6.45, 7) is 0.103. The molecule has 0 amide bonds. The van der Waals surface area contributed by atoms with Crippen LogP contribution in [0.5, 0.6) is 0 Å². The number of esters is 1. The van der Waals surface area contributed by atoms with Gasteiger partial charge in [0.1, 0.15) is 12.4 Å². The number of fused-ring (bicyclic) bond motifs is 1. The molecule has 1 N–H and O–H groups in total. The van der Waals surface area contributed by atoms with Gasteiger partial charge < -0.3 is 4.74 Å². The molecule has 0 aliphatic carbocycles. The molecular formula is C16H12Cl2N2O4S. The van der Waals surface area contributed by atoms with E-state index < -0.39 is 16.0 Å². The van der Waals surface area contributed by atoms with Crippen LogP contribution in [-0.2, 0) is 14.8 Å². The topological polar surface area (TPSA) is 84.8 Å². The van der Waals surface area contributed by atoms with E-state index in [2.05, 4.69) is 9.71 Å². The average Bonchev–Trinajstić information content (AvgIpc) is 2.85. The van der Waals surface area contributed by atoms with Gasteiger partial charge in [0.25, 0.3) is 10.0 Å². The predicted octanol–water partition coefficient (Wildman–Crippen LogP) is 2.89. The number of hydrogen-bond donors (Lipinski definition) is 1. The number of ether oxygens (including phenoxy) is 1. The van der Waals surface area contributed by atoms with Gasteiger partial charge in [0.15, 0.2) is 0 Å². The number of aliphatic imine (C=N–C) groups is 1. The normalized spacial score (nSPS) is 16.3. The van der Waals surface area contributed by atoms with E-state index >= 15 is 0 Å². The van der Waals surface area contributed by atoms with Gasteiger partial charge in [-0.15, -0.1) is 0 Å². The molecule has 130 valence electrons. The summed E-state index contributed by atoms with van der Waals surface area (Å²) in [6, 6.07) is 11.0. The number of rotatable bonds is 4. The summed E-state index contributed by atoms with van der Waals surface area (Å²) < 4.78 is 31.4. The fraction of sp³-hybridized carbons (Fsp3) is 0.125. The van der Waals surface area contributed by atoms with Crippen LogP contribution in [0.1, 0.15) is 15.9 Å². The third-order valence-corrected chi connectivity index (χ3v) is 5.55. The summed E-state index contributed by atoms with van der Waals surface area (Å²) in [5.74, 6) is -0.327. The number of amidine groups is 1. The van der Waals surface area contributed by atoms with Gasteiger partial charge in [0.2, 0.25) is 0 Å². The van der Waals surface area contributed by atoms with Gasteiger partial charge in [-0.05, 0) is 30.3 Å². The number of nitrogens with one attached hydrogen (secondary N) is 1. The zero-order chi connectivity index (χ0) is 18.0. The molecule has 25 heavy (non-hydrogen) atoms. The maximum atomic E-state index is 11.9. The number of benzene rings is 2. The van der Waals surface area contributed by atoms with Gasteiger partial charge in [0.05, 0.1) is 27.0 Å². The molecule has 2 aromatic carbocycles. The number of carbonyl (C=O) groups is 1. The van der Waals surface area contributed by atoms with Gasteiger partial charge in [0, 0.05) is 5.56 Å². The molecule has 0 unspecified atom stereocenters. The number of halogens is 2. The van der Waals surface area contributed by atoms with E-state index in [1.54, 1.807) is 18.2 Å². The van der Waals surface area contributed by atoms with E-state index in [0.29, 0.717) is 10.6 Å². The monoisotopic (exact) mass is 398 g/mol. The molecule has 0 aromatic heterocycles. The van der Waals surface area contributed by atoms with E-state index in [-0.39, 0.29) is 34.5 Å². The van der Waals surface area contributed by atoms with Crippen LogP contribution in [0.25, 0.3) is 0 Å². The minimum absolute atomic E-state index is 0.00747. The summed E-state index contributed by atoms with van der Waals surface area (Å²) in [6.07, 6.45) is 0. The second kappa shape index (κ2) is 7.03. The molecule has 0 saturated carbocycles. The first-order chi connectivity index (χ1) is 11.9. The fourth-order valence-corrected chi connectivity index (χ4v) is 3.80. The van der Waals surface area contributed by atoms with E-state index in [1.165, 1.54) is 24.3 Å². The van der Waals surface area contributed by atoms with Crippen molar-refractivity contribution >= 4 is 45.0 Å². The molecule has 3 rings (SSSR count). The highest BCUT2D eigenvalue weighted by Crippen LogP contribution is 2.23. The maximum Gasteiger partial charge on any atom is 0.338 e. The predicted molar refractivity (Wildman–Crippen MR) is 94.9 cm³/mol. The Morgan fingerprint density at radius 2 is 1.88 bits per heavy atom. The largest absolute Gasteiger partial charge is 0.460 e. The van der Waals surface area contributed by atoms with Crippen molar-refractivity contribution in [3.63, 3.8) is 0 Å². The molecule has 0 saturated heterocycles. The summed E-state index contributed by atoms with van der Waals surface area (Å²) in [5.41, 5.74) is 0.771. The quantitative estimate of drug-likeness (QED) is 0.633. The standard InChI is InChI=1S/C16H12Cl2N2O4S/c17-12-6-5-10(9-13(12)18)16(21)24-8-7-19-15-11-3-1-2-4-14(11)25(22,23)20-15/h1-6,9H,7-8H2,(H,19,20). The molecule has 0 spiro atoms. The first-order valence-electron chi connectivity index (χ1n) is 7.17. The first kappa shape index (κ1) is 17.7. The molecule has 6 nitrogen and oxygen atoms in total. The van der Waals surface area contributed by atoms with Crippen molar-refractivity contribution < 1.29 is 17.9 Å². The molecule has 9 heteroatoms. The van der Waals surface area contributed by atoms with Crippen LogP contribution >= 0.6 is 23.2 Å². The Morgan fingerprint density at radius 3 is 2.64 bits per heavy atom. The maximum absolute atomic E-state index is 11.9. The average molecular weight is 399 g/mol. The van der Waals surface area contributed by atoms with E-state index in [4.69, 9.17) is 27.9 Å². The Labute approximate surface area is 154 Å². The van der Waals surface area contributed by atoms with Crippen molar-refractivity contribution in [3.05, 3.63) is 63.6 Å². The van der Waals surface area contributed by atoms with Crippen LogP contribution in [-0.4, -0.2) is 33.4 Å². The molecule has 0 bridgehead atoms. The third kappa shape index (κ3) is 3.78. The van der Waals surface area contributed by atoms with Crippen molar-refractivity contribution in [2.24, 2.45) is 4.99 Å². The third-order valence-electron chi connectivity index (χ3n) is 3.41. The molecule has 0 radical (unpaired) electrons. The molecule has 2 aromatic rings. The Morgan fingerprint density at radius 1 is 1.12 bits per heavy atom. The Balaban J connectivity index is 1.63. The molecule has 0 atom stereocenters. The molecule has 1 aliphatic rings. The van der Waals surface area contributed by atoms with Gasteiger partial charge in [-0.1, -0.05) is 35.3 Å². The minimum Gasteiger partial charge on any atom is -0.460 e. The smallest absolute Gasteiger partial charge is 0.338 e. The van der Waals surface area contributed by atoms with Crippen molar-refractivity contribution in [2.45, 2.75) is 4.90 Å². The van der Waals surface area contributed by atoms with E-state index in [0.717, 1.165) is 0 Å². The second-order valence-corrected chi connectivity index (χ2v) is 7.56. The Bertz CT molecular complexity index is 974. The lowest BCUT2D eigenvalue weighted by Crippen LogP contribution is -2.23. The van der Waals surface area contributed by atoms with Crippen LogP contribution in [0.4, 0.5) is 0 Å². The molecule has 1 heterocycles. The van der Waals surface area contributed by atoms with Crippen LogP contribution < -0.4 is 4.72 Å². The highest BCUT2D eigenvalue weighted by molar-refractivity contribution is 7.90.